The lowest BCUT2D eigenvalue weighted by Crippen LogP contribution is -2.38. The van der Waals surface area contributed by atoms with Gasteiger partial charge in [-0.2, -0.15) is 0 Å². The molecule has 0 unspecified atom stereocenters. The molecule has 4 N–H and O–H groups in total. The number of benzene rings is 2. The molecule has 0 atom stereocenters. The first kappa shape index (κ1) is 17.8. The first-order valence-corrected chi connectivity index (χ1v) is 8.72. The van der Waals surface area contributed by atoms with Crippen molar-refractivity contribution in [3.8, 4) is 5.75 Å². The van der Waals surface area contributed by atoms with Crippen LogP contribution < -0.4 is 10.6 Å². The molecule has 0 fully saturated rings. The van der Waals surface area contributed by atoms with Crippen molar-refractivity contribution in [3.63, 3.8) is 0 Å². The second kappa shape index (κ2) is 8.38. The van der Waals surface area contributed by atoms with Gasteiger partial charge in [0.25, 0.3) is 0 Å². The molecule has 6 heteroatoms. The number of H-pyrrole nitrogens is 1. The van der Waals surface area contributed by atoms with Crippen LogP contribution >= 0.6 is 0 Å². The summed E-state index contributed by atoms with van der Waals surface area (Å²) in [5.74, 6) is -0.294. The molecule has 1 heterocycles. The van der Waals surface area contributed by atoms with E-state index < -0.39 is 5.82 Å². The van der Waals surface area contributed by atoms with Crippen molar-refractivity contribution in [2.24, 2.45) is 4.99 Å². The van der Waals surface area contributed by atoms with Crippen LogP contribution in [0.3, 0.4) is 0 Å². The highest BCUT2D eigenvalue weighted by Gasteiger charge is 2.04. The van der Waals surface area contributed by atoms with Crippen molar-refractivity contribution in [1.82, 2.24) is 15.6 Å². The van der Waals surface area contributed by atoms with Gasteiger partial charge in [-0.15, -0.1) is 0 Å². The summed E-state index contributed by atoms with van der Waals surface area (Å²) in [5, 5.41) is 17.0. The molecule has 0 saturated carbocycles. The van der Waals surface area contributed by atoms with Crippen LogP contribution in [0.4, 0.5) is 4.39 Å². The van der Waals surface area contributed by atoms with Crippen LogP contribution in [-0.2, 0) is 13.0 Å². The Morgan fingerprint density at radius 3 is 2.85 bits per heavy atom. The summed E-state index contributed by atoms with van der Waals surface area (Å²) in [5.41, 5.74) is 3.09. The lowest BCUT2D eigenvalue weighted by Gasteiger charge is -2.11. The Balaban J connectivity index is 1.60. The van der Waals surface area contributed by atoms with Crippen molar-refractivity contribution in [1.29, 1.82) is 0 Å². The molecule has 0 radical (unpaired) electrons. The van der Waals surface area contributed by atoms with Crippen LogP contribution in [0.15, 0.2) is 53.7 Å². The molecule has 3 rings (SSSR count). The highest BCUT2D eigenvalue weighted by atomic mass is 19.1. The number of nitrogens with zero attached hydrogens (tertiary/aromatic N) is 1. The predicted molar refractivity (Wildman–Crippen MR) is 103 cm³/mol. The maximum Gasteiger partial charge on any atom is 0.191 e. The van der Waals surface area contributed by atoms with Gasteiger partial charge in [0, 0.05) is 30.2 Å². The fourth-order valence-electron chi connectivity index (χ4n) is 2.81. The molecule has 0 amide bonds. The molecule has 0 saturated heterocycles. The van der Waals surface area contributed by atoms with E-state index in [1.807, 2.05) is 25.3 Å². The first-order chi connectivity index (χ1) is 12.7. The van der Waals surface area contributed by atoms with Gasteiger partial charge in [0.1, 0.15) is 0 Å². The number of phenols is 1. The molecule has 136 valence electrons. The topological polar surface area (TPSA) is 72.4 Å². The average Bonchev–Trinajstić information content (AvgIpc) is 3.06. The number of guanidine groups is 1. The SMILES string of the molecule is CCNC(=NCc1ccc(O)c(F)c1)NCCc1c[nH]c2ccccc12. The molecule has 1 aromatic heterocycles. The van der Waals surface area contributed by atoms with Gasteiger partial charge in [-0.25, -0.2) is 9.38 Å². The highest BCUT2D eigenvalue weighted by molar-refractivity contribution is 5.83. The number of aromatic nitrogens is 1. The fraction of sp³-hybridized carbons (Fsp3) is 0.250. The number of hydrogen-bond donors (Lipinski definition) is 4. The van der Waals surface area contributed by atoms with E-state index in [-0.39, 0.29) is 5.75 Å². The van der Waals surface area contributed by atoms with E-state index in [0.717, 1.165) is 25.0 Å². The third-order valence-corrected chi connectivity index (χ3v) is 4.14. The Hall–Kier alpha value is -3.02. The number of hydrogen-bond acceptors (Lipinski definition) is 2. The lowest BCUT2D eigenvalue weighted by atomic mass is 10.1. The van der Waals surface area contributed by atoms with E-state index >= 15 is 0 Å². The molecule has 5 nitrogen and oxygen atoms in total. The van der Waals surface area contributed by atoms with E-state index in [1.165, 1.54) is 23.1 Å². The fourth-order valence-corrected chi connectivity index (χ4v) is 2.81. The standard InChI is InChI=1S/C20H23FN4O/c1-2-22-20(25-12-14-7-8-19(26)17(21)11-14)23-10-9-15-13-24-18-6-4-3-5-16(15)18/h3-8,11,13,24,26H,2,9-10,12H2,1H3,(H2,22,23,25). The molecule has 2 aromatic carbocycles. The number of halogens is 1. The van der Waals surface area contributed by atoms with Crippen LogP contribution in [0, 0.1) is 5.82 Å². The Kier molecular flexibility index (Phi) is 5.73. The zero-order valence-corrected chi connectivity index (χ0v) is 14.7. The first-order valence-electron chi connectivity index (χ1n) is 8.72. The normalized spacial score (nSPS) is 11.7. The number of phenolic OH excluding ortho intramolecular Hbond substituents is 1. The Bertz CT molecular complexity index is 904. The summed E-state index contributed by atoms with van der Waals surface area (Å²) in [6.45, 7) is 3.80. The molecule has 0 spiro atoms. The minimum Gasteiger partial charge on any atom is -0.505 e. The van der Waals surface area contributed by atoms with Crippen molar-refractivity contribution < 1.29 is 9.50 Å². The summed E-state index contributed by atoms with van der Waals surface area (Å²) in [4.78, 5) is 7.75. The Labute approximate surface area is 152 Å². The summed E-state index contributed by atoms with van der Waals surface area (Å²) >= 11 is 0. The molecule has 0 aliphatic carbocycles. The van der Waals surface area contributed by atoms with E-state index in [2.05, 4.69) is 32.7 Å². The highest BCUT2D eigenvalue weighted by Crippen LogP contribution is 2.18. The van der Waals surface area contributed by atoms with Crippen LogP contribution in [0.2, 0.25) is 0 Å². The van der Waals surface area contributed by atoms with Crippen LogP contribution in [0.25, 0.3) is 10.9 Å². The number of rotatable bonds is 6. The van der Waals surface area contributed by atoms with Gasteiger partial charge >= 0.3 is 0 Å². The monoisotopic (exact) mass is 354 g/mol. The molecule has 0 aliphatic heterocycles. The van der Waals surface area contributed by atoms with Crippen molar-refractivity contribution in [2.75, 3.05) is 13.1 Å². The largest absolute Gasteiger partial charge is 0.505 e. The zero-order chi connectivity index (χ0) is 18.4. The third-order valence-electron chi connectivity index (χ3n) is 4.14. The van der Waals surface area contributed by atoms with Gasteiger partial charge < -0.3 is 20.7 Å². The van der Waals surface area contributed by atoms with Crippen LogP contribution in [-0.4, -0.2) is 29.1 Å². The van der Waals surface area contributed by atoms with Gasteiger partial charge in [-0.1, -0.05) is 24.3 Å². The quantitative estimate of drug-likeness (QED) is 0.405. The minimum absolute atomic E-state index is 0.333. The number of nitrogens with one attached hydrogen (secondary N) is 3. The lowest BCUT2D eigenvalue weighted by molar-refractivity contribution is 0.432. The van der Waals surface area contributed by atoms with Crippen molar-refractivity contribution in [2.45, 2.75) is 19.9 Å². The van der Waals surface area contributed by atoms with Gasteiger partial charge in [0.15, 0.2) is 17.5 Å². The second-order valence-electron chi connectivity index (χ2n) is 6.02. The Morgan fingerprint density at radius 2 is 2.04 bits per heavy atom. The second-order valence-corrected chi connectivity index (χ2v) is 6.02. The summed E-state index contributed by atoms with van der Waals surface area (Å²) in [7, 11) is 0. The van der Waals surface area contributed by atoms with Gasteiger partial charge in [0.2, 0.25) is 0 Å². The maximum absolute atomic E-state index is 13.4. The Morgan fingerprint density at radius 1 is 1.19 bits per heavy atom. The third kappa shape index (κ3) is 4.33. The van der Waals surface area contributed by atoms with E-state index in [4.69, 9.17) is 0 Å². The van der Waals surface area contributed by atoms with Crippen LogP contribution in [0.5, 0.6) is 5.75 Å². The molecule has 26 heavy (non-hydrogen) atoms. The zero-order valence-electron chi connectivity index (χ0n) is 14.7. The van der Waals surface area contributed by atoms with E-state index in [1.54, 1.807) is 6.07 Å². The number of aliphatic imine (C=N–C) groups is 1. The molecule has 3 aromatic rings. The van der Waals surface area contributed by atoms with E-state index in [9.17, 15) is 9.50 Å². The maximum atomic E-state index is 13.4. The summed E-state index contributed by atoms with van der Waals surface area (Å²) < 4.78 is 13.4. The van der Waals surface area contributed by atoms with Gasteiger partial charge in [-0.3, -0.25) is 0 Å². The number of para-hydroxylation sites is 1. The van der Waals surface area contributed by atoms with E-state index in [0.29, 0.717) is 18.1 Å². The molecular weight excluding hydrogens is 331 g/mol. The average molecular weight is 354 g/mol. The number of aromatic amines is 1. The minimum atomic E-state index is -0.630. The molecule has 0 bridgehead atoms. The molecular formula is C20H23FN4O. The van der Waals surface area contributed by atoms with Crippen LogP contribution in [0.1, 0.15) is 18.1 Å². The van der Waals surface area contributed by atoms with Gasteiger partial charge in [-0.05, 0) is 42.7 Å². The smallest absolute Gasteiger partial charge is 0.191 e. The molecule has 0 aliphatic rings. The summed E-state index contributed by atoms with van der Waals surface area (Å²) in [6.07, 6.45) is 2.90. The summed E-state index contributed by atoms with van der Waals surface area (Å²) in [6, 6.07) is 12.5. The number of fused-ring (bicyclic) bond motifs is 1. The van der Waals surface area contributed by atoms with Crippen molar-refractivity contribution >= 4 is 16.9 Å². The number of aromatic hydroxyl groups is 1. The van der Waals surface area contributed by atoms with Gasteiger partial charge in [0.05, 0.1) is 6.54 Å². The predicted octanol–water partition coefficient (Wildman–Crippen LogP) is 3.31. The van der Waals surface area contributed by atoms with Crippen molar-refractivity contribution in [3.05, 3.63) is 65.6 Å².